The van der Waals surface area contributed by atoms with Gasteiger partial charge in [0.2, 0.25) is 0 Å². The van der Waals surface area contributed by atoms with Gasteiger partial charge in [0.05, 0.1) is 6.10 Å². The fourth-order valence-electron chi connectivity index (χ4n) is 0.669. The first-order chi connectivity index (χ1) is 5.25. The van der Waals surface area contributed by atoms with E-state index in [0.29, 0.717) is 0 Å². The Morgan fingerprint density at radius 2 is 2.36 bits per heavy atom. The molecule has 62 valence electrons. The molecule has 0 aliphatic heterocycles. The summed E-state index contributed by atoms with van der Waals surface area (Å²) < 4.78 is 0. The van der Waals surface area contributed by atoms with Gasteiger partial charge in [-0.2, -0.15) is 5.10 Å². The van der Waals surface area contributed by atoms with Gasteiger partial charge in [0.1, 0.15) is 12.4 Å². The Labute approximate surface area is 63.1 Å². The highest BCUT2D eigenvalue weighted by Gasteiger charge is 2.18. The molecule has 0 saturated carbocycles. The van der Waals surface area contributed by atoms with Crippen molar-refractivity contribution < 1.29 is 10.2 Å². The monoisotopic (exact) mass is 158 g/mol. The predicted octanol–water partition coefficient (Wildman–Crippen LogP) is -1.84. The molecule has 1 aromatic heterocycles. The molecule has 11 heavy (non-hydrogen) atoms. The van der Waals surface area contributed by atoms with Gasteiger partial charge in [-0.1, -0.05) is 0 Å². The van der Waals surface area contributed by atoms with E-state index in [9.17, 15) is 5.11 Å². The highest BCUT2D eigenvalue weighted by Crippen LogP contribution is 2.09. The molecule has 2 atom stereocenters. The number of hydrogen-bond acceptors (Lipinski definition) is 5. The van der Waals surface area contributed by atoms with E-state index in [1.54, 1.807) is 0 Å². The summed E-state index contributed by atoms with van der Waals surface area (Å²) in [6.45, 7) is -0.0120. The zero-order chi connectivity index (χ0) is 8.27. The van der Waals surface area contributed by atoms with Crippen LogP contribution in [0.25, 0.3) is 0 Å². The van der Waals surface area contributed by atoms with Crippen molar-refractivity contribution in [2.24, 2.45) is 5.73 Å². The molecule has 0 saturated heterocycles. The number of nitrogens with zero attached hydrogens (tertiary/aromatic N) is 2. The van der Waals surface area contributed by atoms with E-state index in [1.165, 1.54) is 6.33 Å². The lowest BCUT2D eigenvalue weighted by molar-refractivity contribution is 0.0191. The van der Waals surface area contributed by atoms with Gasteiger partial charge in [-0.05, 0) is 0 Å². The van der Waals surface area contributed by atoms with E-state index in [2.05, 4.69) is 15.2 Å². The van der Waals surface area contributed by atoms with E-state index >= 15 is 0 Å². The van der Waals surface area contributed by atoms with Crippen LogP contribution in [0.1, 0.15) is 11.9 Å². The van der Waals surface area contributed by atoms with Crippen molar-refractivity contribution in [3.8, 4) is 0 Å². The number of aromatic amines is 1. The molecule has 0 aliphatic carbocycles. The fraction of sp³-hybridized carbons (Fsp3) is 0.600. The van der Waals surface area contributed by atoms with Crippen molar-refractivity contribution >= 4 is 0 Å². The van der Waals surface area contributed by atoms with Gasteiger partial charge in [-0.25, -0.2) is 4.98 Å². The number of hydrogen-bond donors (Lipinski definition) is 4. The zero-order valence-corrected chi connectivity index (χ0v) is 5.81. The minimum atomic E-state index is -1.08. The molecule has 2 unspecified atom stereocenters. The second-order valence-electron chi connectivity index (χ2n) is 2.12. The summed E-state index contributed by atoms with van der Waals surface area (Å²) in [5.74, 6) is 0.225. The summed E-state index contributed by atoms with van der Waals surface area (Å²) in [6, 6.07) is 0. The van der Waals surface area contributed by atoms with Crippen molar-refractivity contribution in [2.75, 3.05) is 6.54 Å². The van der Waals surface area contributed by atoms with Gasteiger partial charge >= 0.3 is 0 Å². The SMILES string of the molecule is NCC(O)C(O)c1ncn[nH]1. The molecular weight excluding hydrogens is 148 g/mol. The first-order valence-corrected chi connectivity index (χ1v) is 3.17. The minimum absolute atomic E-state index is 0.0120. The minimum Gasteiger partial charge on any atom is -0.389 e. The lowest BCUT2D eigenvalue weighted by atomic mass is 10.2. The van der Waals surface area contributed by atoms with E-state index in [0.717, 1.165) is 0 Å². The number of aromatic nitrogens is 3. The molecule has 0 aliphatic rings. The Morgan fingerprint density at radius 1 is 1.64 bits per heavy atom. The number of H-pyrrole nitrogens is 1. The average molecular weight is 158 g/mol. The van der Waals surface area contributed by atoms with Gasteiger partial charge in [0.25, 0.3) is 0 Å². The quantitative estimate of drug-likeness (QED) is 0.413. The molecule has 0 fully saturated rings. The van der Waals surface area contributed by atoms with Crippen LogP contribution in [0.4, 0.5) is 0 Å². The normalized spacial score (nSPS) is 16.3. The van der Waals surface area contributed by atoms with Crippen LogP contribution in [-0.4, -0.2) is 38.0 Å². The molecule has 6 nitrogen and oxygen atoms in total. The van der Waals surface area contributed by atoms with E-state index in [1.807, 2.05) is 0 Å². The molecule has 5 N–H and O–H groups in total. The fourth-order valence-corrected chi connectivity index (χ4v) is 0.669. The maximum atomic E-state index is 9.21. The van der Waals surface area contributed by atoms with E-state index in [4.69, 9.17) is 10.8 Å². The predicted molar refractivity (Wildman–Crippen MR) is 36.4 cm³/mol. The van der Waals surface area contributed by atoms with Crippen molar-refractivity contribution in [1.29, 1.82) is 0 Å². The molecule has 0 amide bonds. The number of nitrogens with one attached hydrogen (secondary N) is 1. The summed E-state index contributed by atoms with van der Waals surface area (Å²) in [7, 11) is 0. The standard InChI is InChI=1S/C5H10N4O2/c6-1-3(10)4(11)5-7-2-8-9-5/h2-4,10-11H,1,6H2,(H,7,8,9). The Hall–Kier alpha value is -0.980. The average Bonchev–Trinajstić information content (AvgIpc) is 2.53. The van der Waals surface area contributed by atoms with Crippen molar-refractivity contribution in [2.45, 2.75) is 12.2 Å². The molecule has 1 aromatic rings. The summed E-state index contributed by atoms with van der Waals surface area (Å²) in [5, 5.41) is 24.2. The second-order valence-corrected chi connectivity index (χ2v) is 2.12. The Bertz CT molecular complexity index is 200. The molecule has 0 spiro atoms. The largest absolute Gasteiger partial charge is 0.389 e. The molecular formula is C5H10N4O2. The van der Waals surface area contributed by atoms with Crippen LogP contribution in [0.5, 0.6) is 0 Å². The second kappa shape index (κ2) is 3.42. The van der Waals surface area contributed by atoms with Crippen molar-refractivity contribution in [3.05, 3.63) is 12.2 Å². The van der Waals surface area contributed by atoms with Crippen molar-refractivity contribution in [3.63, 3.8) is 0 Å². The number of aliphatic hydroxyl groups is 2. The maximum Gasteiger partial charge on any atom is 0.155 e. The lowest BCUT2D eigenvalue weighted by Gasteiger charge is -2.12. The third kappa shape index (κ3) is 1.73. The lowest BCUT2D eigenvalue weighted by Crippen LogP contribution is -2.27. The number of rotatable bonds is 3. The van der Waals surface area contributed by atoms with Crippen LogP contribution < -0.4 is 5.73 Å². The molecule has 6 heteroatoms. The topological polar surface area (TPSA) is 108 Å². The summed E-state index contributed by atoms with van der Waals surface area (Å²) in [5.41, 5.74) is 5.11. The van der Waals surface area contributed by atoms with E-state index in [-0.39, 0.29) is 12.4 Å². The van der Waals surface area contributed by atoms with Crippen LogP contribution in [0.15, 0.2) is 6.33 Å². The molecule has 1 heterocycles. The van der Waals surface area contributed by atoms with Gasteiger partial charge in [-0.15, -0.1) is 0 Å². The van der Waals surface area contributed by atoms with Gasteiger partial charge in [-0.3, -0.25) is 5.10 Å². The number of aliphatic hydroxyl groups excluding tert-OH is 2. The Balaban J connectivity index is 2.62. The summed E-state index contributed by atoms with van der Waals surface area (Å²) in [6.07, 6.45) is -0.827. The highest BCUT2D eigenvalue weighted by molar-refractivity contribution is 4.90. The van der Waals surface area contributed by atoms with Gasteiger partial charge in [0, 0.05) is 6.54 Å². The van der Waals surface area contributed by atoms with Gasteiger partial charge < -0.3 is 15.9 Å². The third-order valence-corrected chi connectivity index (χ3v) is 1.32. The van der Waals surface area contributed by atoms with Gasteiger partial charge in [0.15, 0.2) is 5.82 Å². The zero-order valence-electron chi connectivity index (χ0n) is 5.81. The third-order valence-electron chi connectivity index (χ3n) is 1.32. The number of nitrogens with two attached hydrogens (primary N) is 1. The first kappa shape index (κ1) is 8.12. The highest BCUT2D eigenvalue weighted by atomic mass is 16.3. The van der Waals surface area contributed by atoms with Crippen LogP contribution in [0.3, 0.4) is 0 Å². The van der Waals surface area contributed by atoms with E-state index < -0.39 is 12.2 Å². The molecule has 1 rings (SSSR count). The smallest absolute Gasteiger partial charge is 0.155 e. The summed E-state index contributed by atoms with van der Waals surface area (Å²) >= 11 is 0. The molecule has 0 aromatic carbocycles. The molecule has 0 bridgehead atoms. The van der Waals surface area contributed by atoms with Crippen LogP contribution in [0.2, 0.25) is 0 Å². The van der Waals surface area contributed by atoms with Crippen LogP contribution in [-0.2, 0) is 0 Å². The Morgan fingerprint density at radius 3 is 2.82 bits per heavy atom. The summed E-state index contributed by atoms with van der Waals surface area (Å²) in [4.78, 5) is 3.65. The maximum absolute atomic E-state index is 9.21. The van der Waals surface area contributed by atoms with Crippen LogP contribution in [0, 0.1) is 0 Å². The van der Waals surface area contributed by atoms with Crippen molar-refractivity contribution in [1.82, 2.24) is 15.2 Å². The first-order valence-electron chi connectivity index (χ1n) is 3.17. The molecule has 0 radical (unpaired) electrons. The Kier molecular flexibility index (Phi) is 2.53. The van der Waals surface area contributed by atoms with Crippen LogP contribution >= 0.6 is 0 Å².